The second-order valence-electron chi connectivity index (χ2n) is 3.45. The van der Waals surface area contributed by atoms with E-state index in [4.69, 9.17) is 4.74 Å². The van der Waals surface area contributed by atoms with Crippen molar-refractivity contribution in [2.24, 2.45) is 0 Å². The maximum absolute atomic E-state index is 10.8. The summed E-state index contributed by atoms with van der Waals surface area (Å²) in [5, 5.41) is 18.6. The molecule has 2 heterocycles. The third kappa shape index (κ3) is 3.13. The van der Waals surface area contributed by atoms with Gasteiger partial charge in [-0.25, -0.2) is 0 Å². The first kappa shape index (κ1) is 13.1. The average molecular weight is 281 g/mol. The molecule has 0 aliphatic rings. The Bertz CT molecular complexity index is 574. The van der Waals surface area contributed by atoms with Gasteiger partial charge in [-0.2, -0.15) is 0 Å². The summed E-state index contributed by atoms with van der Waals surface area (Å²) in [4.78, 5) is 13.9. The van der Waals surface area contributed by atoms with E-state index in [1.165, 1.54) is 23.8 Å². The molecule has 8 nitrogen and oxygen atoms in total. The van der Waals surface area contributed by atoms with Gasteiger partial charge in [-0.15, -0.1) is 5.10 Å². The van der Waals surface area contributed by atoms with Crippen LogP contribution in [0.5, 0.6) is 5.75 Å². The van der Waals surface area contributed by atoms with Gasteiger partial charge in [0.15, 0.2) is 0 Å². The molecule has 0 spiro atoms. The zero-order chi connectivity index (χ0) is 13.7. The fraction of sp³-hybridized carbons (Fsp3) is 0.300. The smallest absolute Gasteiger partial charge is 0.406 e. The first-order valence-electron chi connectivity index (χ1n) is 5.49. The normalized spacial score (nSPS) is 10.2. The van der Waals surface area contributed by atoms with Crippen molar-refractivity contribution in [3.63, 3.8) is 0 Å². The average Bonchev–Trinajstić information content (AvgIpc) is 2.84. The van der Waals surface area contributed by atoms with E-state index in [0.717, 1.165) is 11.5 Å². The predicted octanol–water partition coefficient (Wildman–Crippen LogP) is 1.85. The maximum Gasteiger partial charge on any atom is 0.406 e. The molecule has 100 valence electrons. The van der Waals surface area contributed by atoms with Gasteiger partial charge in [0.2, 0.25) is 5.75 Å². The highest BCUT2D eigenvalue weighted by Crippen LogP contribution is 2.25. The van der Waals surface area contributed by atoms with Crippen LogP contribution >= 0.6 is 11.5 Å². The Morgan fingerprint density at radius 2 is 2.42 bits per heavy atom. The van der Waals surface area contributed by atoms with Crippen LogP contribution in [-0.4, -0.2) is 26.0 Å². The number of aromatic nitrogens is 3. The van der Waals surface area contributed by atoms with Crippen LogP contribution in [0, 0.1) is 10.1 Å². The summed E-state index contributed by atoms with van der Waals surface area (Å²) >= 11 is 1.22. The Hall–Kier alpha value is -2.29. The van der Waals surface area contributed by atoms with E-state index in [2.05, 4.69) is 19.9 Å². The number of nitro groups is 1. The number of anilines is 1. The molecule has 2 aromatic heterocycles. The van der Waals surface area contributed by atoms with Crippen LogP contribution in [-0.2, 0) is 6.61 Å². The molecular weight excluding hydrogens is 270 g/mol. The minimum absolute atomic E-state index is 0.103. The fourth-order valence-electron chi connectivity index (χ4n) is 1.38. The molecule has 0 amide bonds. The van der Waals surface area contributed by atoms with Crippen molar-refractivity contribution in [3.05, 3.63) is 34.1 Å². The summed E-state index contributed by atoms with van der Waals surface area (Å²) in [6.45, 7) is 2.80. The monoisotopic (exact) mass is 281 g/mol. The third-order valence-corrected chi connectivity index (χ3v) is 2.91. The second kappa shape index (κ2) is 6.05. The molecule has 0 aliphatic carbocycles. The van der Waals surface area contributed by atoms with Crippen molar-refractivity contribution in [2.45, 2.75) is 13.5 Å². The van der Waals surface area contributed by atoms with Crippen LogP contribution in [0.1, 0.15) is 12.6 Å². The van der Waals surface area contributed by atoms with Gasteiger partial charge in [-0.1, -0.05) is 4.49 Å². The van der Waals surface area contributed by atoms with Crippen molar-refractivity contribution < 1.29 is 9.66 Å². The number of ether oxygens (including phenoxy) is 1. The van der Waals surface area contributed by atoms with Crippen LogP contribution in [0.15, 0.2) is 18.3 Å². The van der Waals surface area contributed by atoms with Gasteiger partial charge in [-0.05, 0) is 29.0 Å². The van der Waals surface area contributed by atoms with E-state index in [1.807, 2.05) is 6.92 Å². The minimum Gasteiger partial charge on any atom is -0.479 e. The number of pyridine rings is 1. The zero-order valence-electron chi connectivity index (χ0n) is 10.1. The molecule has 19 heavy (non-hydrogen) atoms. The summed E-state index contributed by atoms with van der Waals surface area (Å²) in [6, 6.07) is 3.07. The molecule has 0 aromatic carbocycles. The van der Waals surface area contributed by atoms with E-state index in [1.54, 1.807) is 6.07 Å². The minimum atomic E-state index is -0.583. The second-order valence-corrected chi connectivity index (χ2v) is 4.20. The predicted molar refractivity (Wildman–Crippen MR) is 69.3 cm³/mol. The van der Waals surface area contributed by atoms with Crippen molar-refractivity contribution in [1.82, 2.24) is 14.6 Å². The standard InChI is InChI=1S/C10H11N5O3S/c1-2-11-10-7(13-14-19-10)6-18-8-4-3-5-12-9(8)15(16)17/h3-5,11H,2,6H2,1H3. The van der Waals surface area contributed by atoms with E-state index in [-0.39, 0.29) is 18.2 Å². The topological polar surface area (TPSA) is 103 Å². The lowest BCUT2D eigenvalue weighted by Crippen LogP contribution is -2.04. The Morgan fingerprint density at radius 1 is 1.58 bits per heavy atom. The summed E-state index contributed by atoms with van der Waals surface area (Å²) in [6.07, 6.45) is 1.35. The highest BCUT2D eigenvalue weighted by molar-refractivity contribution is 7.10. The van der Waals surface area contributed by atoms with Gasteiger partial charge in [0.1, 0.15) is 23.5 Å². The lowest BCUT2D eigenvalue weighted by atomic mass is 10.4. The van der Waals surface area contributed by atoms with Gasteiger partial charge in [0, 0.05) is 18.1 Å². The maximum atomic E-state index is 10.8. The molecule has 2 rings (SSSR count). The number of hydrogen-bond donors (Lipinski definition) is 1. The van der Waals surface area contributed by atoms with E-state index in [0.29, 0.717) is 5.69 Å². The fourth-order valence-corrected chi connectivity index (χ4v) is 2.01. The molecule has 1 N–H and O–H groups in total. The Morgan fingerprint density at radius 3 is 3.16 bits per heavy atom. The molecule has 0 aliphatic heterocycles. The largest absolute Gasteiger partial charge is 0.479 e. The summed E-state index contributed by atoms with van der Waals surface area (Å²) in [5.41, 5.74) is 0.616. The Balaban J connectivity index is 2.10. The molecule has 0 saturated carbocycles. The lowest BCUT2D eigenvalue weighted by molar-refractivity contribution is -0.390. The van der Waals surface area contributed by atoms with Crippen LogP contribution in [0.2, 0.25) is 0 Å². The van der Waals surface area contributed by atoms with Crippen molar-refractivity contribution in [2.75, 3.05) is 11.9 Å². The molecular formula is C10H11N5O3S. The van der Waals surface area contributed by atoms with Crippen molar-refractivity contribution >= 4 is 22.4 Å². The van der Waals surface area contributed by atoms with Gasteiger partial charge in [0.05, 0.1) is 0 Å². The highest BCUT2D eigenvalue weighted by Gasteiger charge is 2.17. The van der Waals surface area contributed by atoms with Crippen LogP contribution in [0.3, 0.4) is 0 Å². The summed E-state index contributed by atoms with van der Waals surface area (Å²) < 4.78 is 9.20. The van der Waals surface area contributed by atoms with Gasteiger partial charge >= 0.3 is 5.82 Å². The van der Waals surface area contributed by atoms with Crippen LogP contribution in [0.25, 0.3) is 0 Å². The molecule has 0 bridgehead atoms. The van der Waals surface area contributed by atoms with E-state index < -0.39 is 4.92 Å². The van der Waals surface area contributed by atoms with Gasteiger partial charge in [-0.3, -0.25) is 0 Å². The van der Waals surface area contributed by atoms with Gasteiger partial charge < -0.3 is 20.2 Å². The van der Waals surface area contributed by atoms with Gasteiger partial charge in [0.25, 0.3) is 0 Å². The molecule has 0 saturated heterocycles. The number of hydrogen-bond acceptors (Lipinski definition) is 8. The summed E-state index contributed by atoms with van der Waals surface area (Å²) in [5.74, 6) is -0.196. The van der Waals surface area contributed by atoms with Crippen molar-refractivity contribution in [1.29, 1.82) is 0 Å². The number of nitrogens with zero attached hydrogens (tertiary/aromatic N) is 4. The molecule has 0 fully saturated rings. The molecule has 0 radical (unpaired) electrons. The van der Waals surface area contributed by atoms with E-state index >= 15 is 0 Å². The van der Waals surface area contributed by atoms with Crippen molar-refractivity contribution in [3.8, 4) is 5.75 Å². The number of rotatable bonds is 6. The third-order valence-electron chi connectivity index (χ3n) is 2.18. The number of nitrogens with one attached hydrogen (secondary N) is 1. The summed E-state index contributed by atoms with van der Waals surface area (Å²) in [7, 11) is 0. The zero-order valence-corrected chi connectivity index (χ0v) is 10.9. The molecule has 9 heteroatoms. The van der Waals surface area contributed by atoms with Crippen LogP contribution in [0.4, 0.5) is 10.8 Å². The SMILES string of the molecule is CCNc1snnc1COc1cccnc1[N+](=O)[O-]. The first-order valence-corrected chi connectivity index (χ1v) is 6.27. The lowest BCUT2D eigenvalue weighted by Gasteiger charge is -2.05. The molecule has 0 atom stereocenters. The molecule has 0 unspecified atom stereocenters. The quantitative estimate of drug-likeness (QED) is 0.636. The Labute approximate surface area is 112 Å². The molecule has 2 aromatic rings. The van der Waals surface area contributed by atoms with Crippen LogP contribution < -0.4 is 10.1 Å². The van der Waals surface area contributed by atoms with E-state index in [9.17, 15) is 10.1 Å². The Kier molecular flexibility index (Phi) is 4.18. The highest BCUT2D eigenvalue weighted by atomic mass is 32.1. The first-order chi connectivity index (χ1) is 9.22.